The summed E-state index contributed by atoms with van der Waals surface area (Å²) in [7, 11) is 0. The summed E-state index contributed by atoms with van der Waals surface area (Å²) in [6.45, 7) is 4.16. The SMILES string of the molecule is CCOc1ccc2ccccc2c1/C=C1/C(=O)NC(=O)N(c2cccc(C)c2)C1=O. The van der Waals surface area contributed by atoms with Crippen LogP contribution in [0.5, 0.6) is 5.75 Å². The van der Waals surface area contributed by atoms with Crippen molar-refractivity contribution in [2.75, 3.05) is 11.5 Å². The van der Waals surface area contributed by atoms with Crippen LogP contribution >= 0.6 is 0 Å². The van der Waals surface area contributed by atoms with E-state index in [-0.39, 0.29) is 5.57 Å². The third-order valence-electron chi connectivity index (χ3n) is 4.88. The van der Waals surface area contributed by atoms with E-state index in [9.17, 15) is 14.4 Å². The second kappa shape index (κ2) is 7.83. The molecule has 0 saturated carbocycles. The Kier molecular flexibility index (Phi) is 5.06. The number of hydrogen-bond acceptors (Lipinski definition) is 4. The molecule has 0 radical (unpaired) electrons. The molecule has 3 aromatic rings. The van der Waals surface area contributed by atoms with E-state index in [0.29, 0.717) is 23.6 Å². The van der Waals surface area contributed by atoms with Gasteiger partial charge in [0, 0.05) is 5.56 Å². The van der Waals surface area contributed by atoms with Crippen LogP contribution in [0.2, 0.25) is 0 Å². The van der Waals surface area contributed by atoms with Gasteiger partial charge in [-0.25, -0.2) is 9.69 Å². The fourth-order valence-corrected chi connectivity index (χ4v) is 3.51. The van der Waals surface area contributed by atoms with Crippen molar-refractivity contribution < 1.29 is 19.1 Å². The molecule has 30 heavy (non-hydrogen) atoms. The zero-order valence-corrected chi connectivity index (χ0v) is 16.6. The summed E-state index contributed by atoms with van der Waals surface area (Å²) in [4.78, 5) is 39.2. The van der Waals surface area contributed by atoms with Gasteiger partial charge in [0.1, 0.15) is 11.3 Å². The van der Waals surface area contributed by atoms with Crippen molar-refractivity contribution in [3.05, 3.63) is 77.4 Å². The Bertz CT molecular complexity index is 1210. The number of fused-ring (bicyclic) bond motifs is 1. The average Bonchev–Trinajstić information content (AvgIpc) is 2.72. The van der Waals surface area contributed by atoms with Gasteiger partial charge in [-0.1, -0.05) is 42.5 Å². The van der Waals surface area contributed by atoms with Crippen LogP contribution in [-0.2, 0) is 9.59 Å². The van der Waals surface area contributed by atoms with Gasteiger partial charge in [0.15, 0.2) is 0 Å². The summed E-state index contributed by atoms with van der Waals surface area (Å²) in [6.07, 6.45) is 1.50. The quantitative estimate of drug-likeness (QED) is 0.526. The summed E-state index contributed by atoms with van der Waals surface area (Å²) >= 11 is 0. The van der Waals surface area contributed by atoms with Crippen LogP contribution in [0.3, 0.4) is 0 Å². The van der Waals surface area contributed by atoms with Crippen molar-refractivity contribution in [1.82, 2.24) is 5.32 Å². The highest BCUT2D eigenvalue weighted by molar-refractivity contribution is 6.39. The zero-order chi connectivity index (χ0) is 21.3. The third-order valence-corrected chi connectivity index (χ3v) is 4.88. The Morgan fingerprint density at radius 3 is 2.57 bits per heavy atom. The number of imide groups is 2. The van der Waals surface area contributed by atoms with E-state index in [1.54, 1.807) is 18.2 Å². The second-order valence-corrected chi connectivity index (χ2v) is 6.93. The van der Waals surface area contributed by atoms with Gasteiger partial charge >= 0.3 is 6.03 Å². The molecule has 1 aliphatic heterocycles. The lowest BCUT2D eigenvalue weighted by Gasteiger charge is -2.26. The van der Waals surface area contributed by atoms with Crippen LogP contribution in [-0.4, -0.2) is 24.5 Å². The molecule has 0 bridgehead atoms. The van der Waals surface area contributed by atoms with E-state index in [1.165, 1.54) is 6.08 Å². The summed E-state index contributed by atoms with van der Waals surface area (Å²) in [5.74, 6) is -0.850. The van der Waals surface area contributed by atoms with Crippen LogP contribution in [0.1, 0.15) is 18.1 Å². The number of carbonyl (C=O) groups excluding carboxylic acids is 3. The Morgan fingerprint density at radius 1 is 1.00 bits per heavy atom. The minimum Gasteiger partial charge on any atom is -0.493 e. The minimum atomic E-state index is -0.768. The van der Waals surface area contributed by atoms with Crippen LogP contribution in [0.15, 0.2) is 66.2 Å². The molecule has 1 N–H and O–H groups in total. The van der Waals surface area contributed by atoms with Crippen LogP contribution in [0.4, 0.5) is 10.5 Å². The lowest BCUT2D eigenvalue weighted by Crippen LogP contribution is -2.54. The van der Waals surface area contributed by atoms with Gasteiger partial charge in [-0.15, -0.1) is 0 Å². The standard InChI is InChI=1S/C24H20N2O4/c1-3-30-21-12-11-16-8-4-5-10-18(16)19(21)14-20-22(27)25-24(29)26(23(20)28)17-9-6-7-15(2)13-17/h4-14H,3H2,1-2H3,(H,25,27,29)/b20-14-. The van der Waals surface area contributed by atoms with E-state index in [1.807, 2.05) is 56.3 Å². The van der Waals surface area contributed by atoms with Crippen molar-refractivity contribution in [2.45, 2.75) is 13.8 Å². The van der Waals surface area contributed by atoms with Gasteiger partial charge in [0.2, 0.25) is 0 Å². The van der Waals surface area contributed by atoms with Crippen molar-refractivity contribution >= 4 is 40.4 Å². The number of nitrogens with zero attached hydrogens (tertiary/aromatic N) is 1. The van der Waals surface area contributed by atoms with E-state index >= 15 is 0 Å². The molecule has 1 heterocycles. The molecule has 6 heteroatoms. The molecule has 4 amide bonds. The van der Waals surface area contributed by atoms with E-state index in [4.69, 9.17) is 4.74 Å². The number of benzene rings is 3. The normalized spacial score (nSPS) is 15.6. The highest BCUT2D eigenvalue weighted by Crippen LogP contribution is 2.32. The summed E-state index contributed by atoms with van der Waals surface area (Å²) in [5.41, 5.74) is 1.78. The first-order valence-electron chi connectivity index (χ1n) is 9.62. The third kappa shape index (κ3) is 3.43. The topological polar surface area (TPSA) is 75.7 Å². The highest BCUT2D eigenvalue weighted by Gasteiger charge is 2.37. The van der Waals surface area contributed by atoms with Crippen molar-refractivity contribution in [1.29, 1.82) is 0 Å². The molecule has 1 saturated heterocycles. The largest absolute Gasteiger partial charge is 0.493 e. The number of urea groups is 1. The molecule has 0 aliphatic carbocycles. The van der Waals surface area contributed by atoms with Gasteiger partial charge in [0.25, 0.3) is 11.8 Å². The number of carbonyl (C=O) groups is 3. The number of anilines is 1. The van der Waals surface area contributed by atoms with Crippen molar-refractivity contribution in [3.8, 4) is 5.75 Å². The second-order valence-electron chi connectivity index (χ2n) is 6.93. The molecular weight excluding hydrogens is 380 g/mol. The zero-order valence-electron chi connectivity index (χ0n) is 16.6. The Labute approximate surface area is 173 Å². The van der Waals surface area contributed by atoms with Crippen LogP contribution < -0.4 is 15.0 Å². The lowest BCUT2D eigenvalue weighted by molar-refractivity contribution is -0.122. The molecule has 0 unspecified atom stereocenters. The summed E-state index contributed by atoms with van der Waals surface area (Å²) < 4.78 is 5.74. The molecule has 1 aliphatic rings. The highest BCUT2D eigenvalue weighted by atomic mass is 16.5. The van der Waals surface area contributed by atoms with Gasteiger partial charge in [0.05, 0.1) is 12.3 Å². The van der Waals surface area contributed by atoms with E-state index in [2.05, 4.69) is 5.32 Å². The molecule has 150 valence electrons. The number of ether oxygens (including phenoxy) is 1. The molecule has 1 fully saturated rings. The van der Waals surface area contributed by atoms with Gasteiger partial charge in [-0.2, -0.15) is 0 Å². The lowest BCUT2D eigenvalue weighted by atomic mass is 9.99. The Hall–Kier alpha value is -3.93. The number of barbiturate groups is 1. The number of amides is 4. The molecule has 0 spiro atoms. The van der Waals surface area contributed by atoms with Crippen LogP contribution in [0.25, 0.3) is 16.8 Å². The van der Waals surface area contributed by atoms with Gasteiger partial charge in [-0.05, 0) is 54.5 Å². The summed E-state index contributed by atoms with van der Waals surface area (Å²) in [6, 6.07) is 17.6. The predicted molar refractivity (Wildman–Crippen MR) is 115 cm³/mol. The van der Waals surface area contributed by atoms with E-state index < -0.39 is 17.8 Å². The smallest absolute Gasteiger partial charge is 0.335 e. The number of rotatable bonds is 4. The maximum atomic E-state index is 13.2. The fraction of sp³-hybridized carbons (Fsp3) is 0.125. The van der Waals surface area contributed by atoms with E-state index in [0.717, 1.165) is 21.2 Å². The van der Waals surface area contributed by atoms with Gasteiger partial charge in [-0.3, -0.25) is 14.9 Å². The van der Waals surface area contributed by atoms with Gasteiger partial charge < -0.3 is 4.74 Å². The maximum Gasteiger partial charge on any atom is 0.335 e. The molecule has 0 atom stereocenters. The molecule has 3 aromatic carbocycles. The first-order valence-corrected chi connectivity index (χ1v) is 9.62. The molecule has 6 nitrogen and oxygen atoms in total. The molecule has 0 aromatic heterocycles. The molecular formula is C24H20N2O4. The first kappa shape index (κ1) is 19.4. The monoisotopic (exact) mass is 400 g/mol. The predicted octanol–water partition coefficient (Wildman–Crippen LogP) is 4.21. The minimum absolute atomic E-state index is 0.131. The first-order chi connectivity index (χ1) is 14.5. The summed E-state index contributed by atoms with van der Waals surface area (Å²) in [5, 5.41) is 4.06. The molecule has 4 rings (SSSR count). The van der Waals surface area contributed by atoms with Crippen LogP contribution in [0, 0.1) is 6.92 Å². The number of aryl methyl sites for hydroxylation is 1. The Balaban J connectivity index is 1.87. The maximum absolute atomic E-state index is 13.2. The van der Waals surface area contributed by atoms with Crippen molar-refractivity contribution in [3.63, 3.8) is 0 Å². The number of nitrogens with one attached hydrogen (secondary N) is 1. The van der Waals surface area contributed by atoms with Crippen molar-refractivity contribution in [2.24, 2.45) is 0 Å². The number of hydrogen-bond donors (Lipinski definition) is 1. The Morgan fingerprint density at radius 2 is 1.80 bits per heavy atom. The average molecular weight is 400 g/mol. The fourth-order valence-electron chi connectivity index (χ4n) is 3.51.